The topological polar surface area (TPSA) is 617 Å². The van der Waals surface area contributed by atoms with Crippen molar-refractivity contribution in [1.29, 1.82) is 0 Å². The third-order valence-corrected chi connectivity index (χ3v) is 11.8. The maximum absolute atomic E-state index is 13.9. The molecule has 0 unspecified atom stereocenters. The largest absolute Gasteiger partial charge is 0.382 e. The second-order valence-electron chi connectivity index (χ2n) is 19.2. The van der Waals surface area contributed by atoms with Gasteiger partial charge in [0.25, 0.3) is 11.8 Å². The number of carbonyl (C=O) groups is 6. The molecule has 1 heterocycles. The number of likely N-dealkylation sites (N-methyl/N-ethyl adjacent to an activating group) is 1. The van der Waals surface area contributed by atoms with Gasteiger partial charge in [-0.1, -0.05) is 13.3 Å². The molecule has 504 valence electrons. The molecule has 4 atom stereocenters. The van der Waals surface area contributed by atoms with E-state index in [1.807, 2.05) is 0 Å². The fraction of sp³-hybridized carbons (Fsp3) is 0.731. The van der Waals surface area contributed by atoms with Gasteiger partial charge in [-0.3, -0.25) is 48.7 Å². The SMILES string of the molecule is CCCCOCCOCCOCCCN.CNC(=O)[C@H](CCCN=C(N)N)NC(=O)[C@H](CCCN=C(N)N)NC(=O)c1nc(N)c(C(=O)N[C@@H](CCCN=C(N)N)C(=O)N[C@@H](CCCN=C(N)N)C(=O)NCCCOCCOCCOCCCN)nc1N. The summed E-state index contributed by atoms with van der Waals surface area (Å²) in [4.78, 5) is 105. The van der Waals surface area contributed by atoms with E-state index in [4.69, 9.17) is 97.2 Å². The number of rotatable bonds is 51. The van der Waals surface area contributed by atoms with E-state index >= 15 is 0 Å². The van der Waals surface area contributed by atoms with E-state index in [1.165, 1.54) is 13.5 Å². The van der Waals surface area contributed by atoms with Crippen molar-refractivity contribution in [1.82, 2.24) is 41.9 Å². The Morgan fingerprint density at radius 3 is 1.01 bits per heavy atom. The number of aliphatic imine (C=N–C) groups is 4. The molecule has 6 amide bonds. The van der Waals surface area contributed by atoms with Gasteiger partial charge in [0.2, 0.25) is 23.6 Å². The number of unbranched alkanes of at least 4 members (excludes halogenated alkanes) is 1. The molecule has 0 fully saturated rings. The molecule has 0 aliphatic heterocycles. The van der Waals surface area contributed by atoms with E-state index < -0.39 is 82.6 Å². The summed E-state index contributed by atoms with van der Waals surface area (Å²) >= 11 is 0. The molecule has 1 aromatic heterocycles. The van der Waals surface area contributed by atoms with Crippen LogP contribution in [0.4, 0.5) is 11.6 Å². The van der Waals surface area contributed by atoms with Gasteiger partial charge in [0.15, 0.2) is 46.9 Å². The van der Waals surface area contributed by atoms with Gasteiger partial charge in [-0.15, -0.1) is 0 Å². The minimum Gasteiger partial charge on any atom is -0.382 e. The van der Waals surface area contributed by atoms with Crippen molar-refractivity contribution in [3.05, 3.63) is 11.4 Å². The summed E-state index contributed by atoms with van der Waals surface area (Å²) in [5.74, 6) is -6.51. The van der Waals surface area contributed by atoms with Gasteiger partial charge in [0, 0.05) is 66.2 Å². The van der Waals surface area contributed by atoms with Crippen LogP contribution in [0.1, 0.15) is 111 Å². The zero-order chi connectivity index (χ0) is 65.7. The summed E-state index contributed by atoms with van der Waals surface area (Å²) in [5, 5.41) is 15.6. The Morgan fingerprint density at radius 2 is 0.705 bits per heavy atom. The molecule has 88 heavy (non-hydrogen) atoms. The van der Waals surface area contributed by atoms with E-state index in [0.717, 1.165) is 32.5 Å². The van der Waals surface area contributed by atoms with E-state index in [2.05, 4.69) is 68.8 Å². The Hall–Kier alpha value is -7.74. The summed E-state index contributed by atoms with van der Waals surface area (Å²) in [6.07, 6.45) is 5.55. The monoisotopic (exact) mass is 1260 g/mol. The first-order valence-electron chi connectivity index (χ1n) is 29.4. The molecule has 0 aromatic carbocycles. The van der Waals surface area contributed by atoms with E-state index in [0.29, 0.717) is 92.0 Å². The second kappa shape index (κ2) is 52.4. The lowest BCUT2D eigenvalue weighted by atomic mass is 10.1. The lowest BCUT2D eigenvalue weighted by Gasteiger charge is -2.23. The van der Waals surface area contributed by atoms with Crippen molar-refractivity contribution in [3.63, 3.8) is 0 Å². The second-order valence-corrected chi connectivity index (χ2v) is 19.2. The van der Waals surface area contributed by atoms with Crippen LogP contribution in [0.15, 0.2) is 20.0 Å². The number of nitrogens with zero attached hydrogens (tertiary/aromatic N) is 6. The molecule has 1 rings (SSSR count). The first-order chi connectivity index (χ1) is 42.2. The Kier molecular flexibility index (Phi) is 47.8. The lowest BCUT2D eigenvalue weighted by Crippen LogP contribution is -2.54. The van der Waals surface area contributed by atoms with Crippen molar-refractivity contribution in [2.45, 2.75) is 115 Å². The third-order valence-electron chi connectivity index (χ3n) is 11.8. The quantitative estimate of drug-likeness (QED) is 0.0164. The molecular weight excluding hydrogens is 1150 g/mol. The highest BCUT2D eigenvalue weighted by atomic mass is 16.5. The predicted molar refractivity (Wildman–Crippen MR) is 336 cm³/mol. The average molecular weight is 1260 g/mol. The molecule has 0 spiro atoms. The smallest absolute Gasteiger partial charge is 0.274 e. The van der Waals surface area contributed by atoms with Crippen LogP contribution in [0.2, 0.25) is 0 Å². The third kappa shape index (κ3) is 42.2. The molecule has 36 nitrogen and oxygen atoms in total. The number of ether oxygens (including phenoxy) is 6. The number of hydrogen-bond donors (Lipinski definition) is 18. The molecule has 0 saturated heterocycles. The number of anilines is 2. The van der Waals surface area contributed by atoms with Crippen molar-refractivity contribution in [2.75, 3.05) is 144 Å². The van der Waals surface area contributed by atoms with Crippen molar-refractivity contribution in [3.8, 4) is 0 Å². The molecular formula is C52H104N24O12. The average Bonchev–Trinajstić information content (AvgIpc) is 1.98. The van der Waals surface area contributed by atoms with Crippen LogP contribution in [0.25, 0.3) is 0 Å². The number of nitrogens with one attached hydrogen (secondary N) is 6. The number of nitrogens with two attached hydrogens (primary N) is 12. The first kappa shape index (κ1) is 80.3. The molecule has 0 bridgehead atoms. The maximum Gasteiger partial charge on any atom is 0.274 e. The normalized spacial score (nSPS) is 12.1. The Balaban J connectivity index is 0.00000440. The lowest BCUT2D eigenvalue weighted by molar-refractivity contribution is -0.130. The molecule has 0 aliphatic rings. The zero-order valence-corrected chi connectivity index (χ0v) is 51.4. The van der Waals surface area contributed by atoms with Gasteiger partial charge in [-0.05, 0) is 90.1 Å². The molecule has 30 N–H and O–H groups in total. The number of guanidine groups is 4. The van der Waals surface area contributed by atoms with E-state index in [9.17, 15) is 28.8 Å². The molecule has 1 aromatic rings. The van der Waals surface area contributed by atoms with Crippen LogP contribution >= 0.6 is 0 Å². The summed E-state index contributed by atoms with van der Waals surface area (Å²) < 4.78 is 32.3. The van der Waals surface area contributed by atoms with Crippen LogP contribution in [0.3, 0.4) is 0 Å². The van der Waals surface area contributed by atoms with Gasteiger partial charge in [0.1, 0.15) is 24.2 Å². The van der Waals surface area contributed by atoms with Crippen LogP contribution < -0.4 is 101 Å². The summed E-state index contributed by atoms with van der Waals surface area (Å²) in [6, 6.07) is -4.80. The summed E-state index contributed by atoms with van der Waals surface area (Å²) in [5.41, 5.74) is 65.5. The highest BCUT2D eigenvalue weighted by Crippen LogP contribution is 2.16. The predicted octanol–water partition coefficient (Wildman–Crippen LogP) is -6.14. The first-order valence-corrected chi connectivity index (χ1v) is 29.4. The van der Waals surface area contributed by atoms with Crippen LogP contribution in [-0.4, -0.2) is 226 Å². The van der Waals surface area contributed by atoms with Gasteiger partial charge in [-0.25, -0.2) is 9.97 Å². The Morgan fingerprint density at radius 1 is 0.409 bits per heavy atom. The minimum absolute atomic E-state index is 0.0308. The van der Waals surface area contributed by atoms with Gasteiger partial charge in [-0.2, -0.15) is 0 Å². The minimum atomic E-state index is -1.34. The molecule has 0 saturated carbocycles. The van der Waals surface area contributed by atoms with Crippen LogP contribution in [0, 0.1) is 0 Å². The summed E-state index contributed by atoms with van der Waals surface area (Å²) in [7, 11) is 1.38. The number of aromatic nitrogens is 2. The van der Waals surface area contributed by atoms with E-state index in [-0.39, 0.29) is 102 Å². The van der Waals surface area contributed by atoms with Gasteiger partial charge >= 0.3 is 0 Å². The number of amides is 6. The zero-order valence-electron chi connectivity index (χ0n) is 51.4. The fourth-order valence-electron chi connectivity index (χ4n) is 7.27. The van der Waals surface area contributed by atoms with E-state index in [1.54, 1.807) is 0 Å². The summed E-state index contributed by atoms with van der Waals surface area (Å²) in [6.45, 7) is 10.7. The van der Waals surface area contributed by atoms with Crippen LogP contribution in [-0.2, 0) is 47.6 Å². The van der Waals surface area contributed by atoms with Crippen molar-refractivity contribution in [2.24, 2.45) is 77.3 Å². The molecule has 36 heteroatoms. The molecule has 0 radical (unpaired) electrons. The number of carbonyl (C=O) groups excluding carboxylic acids is 6. The van der Waals surface area contributed by atoms with Crippen LogP contribution in [0.5, 0.6) is 0 Å². The Labute approximate surface area is 515 Å². The highest BCUT2D eigenvalue weighted by Gasteiger charge is 2.31. The standard InChI is InChI=1S/C41H79N23O9.C11H25NO3/c1-53-32(65)24(8-2-13-55-38(45)46)59-34(67)26(10-4-15-57-40(49)50)61-36(69)28-30(43)64-29(31(44)63-28)37(70)62-27(11-5-16-58-41(51)52)35(68)60-25(9-3-14-56-39(47)48)33(66)54-17-7-19-72-21-23-73-22-20-71-18-6-12-42;1-2-3-6-13-8-10-15-11-9-14-7-4-5-12/h24-27H,2-23,42H2,1H3,(H2,43,64)(H2,44,63)(H,53,65)(H,54,66)(H,59,67)(H,60,68)(H,61,69)(H,62,70)(H4,45,46,55)(H4,47,48,56)(H4,49,50,57)(H4,51,52,58);2-12H2,1H3/t24-,25-,26-,27-;/m0./s1. The molecule has 0 aliphatic carbocycles. The number of nitrogen functional groups attached to an aromatic ring is 2. The Bertz CT molecular complexity index is 2220. The highest BCUT2D eigenvalue weighted by molar-refractivity contribution is 6.03. The van der Waals surface area contributed by atoms with Gasteiger partial charge in [0.05, 0.1) is 52.9 Å². The van der Waals surface area contributed by atoms with Gasteiger partial charge < -0.3 is 129 Å². The maximum atomic E-state index is 13.9. The van der Waals surface area contributed by atoms with Crippen molar-refractivity contribution < 1.29 is 57.2 Å². The van der Waals surface area contributed by atoms with Crippen molar-refractivity contribution >= 4 is 70.9 Å². The fourth-order valence-corrected chi connectivity index (χ4v) is 7.27. The number of hydrogen-bond acceptors (Lipinski definition) is 22.